The largest absolute Gasteiger partial charge is 0.401 e. The first-order valence-electron chi connectivity index (χ1n) is 12.4. The summed E-state index contributed by atoms with van der Waals surface area (Å²) in [7, 11) is 0. The quantitative estimate of drug-likeness (QED) is 0.503. The van der Waals surface area contributed by atoms with E-state index in [4.69, 9.17) is 14.2 Å². The zero-order chi connectivity index (χ0) is 23.1. The minimum Gasteiger partial charge on any atom is -0.378 e. The van der Waals surface area contributed by atoms with E-state index in [-0.39, 0.29) is 29.3 Å². The number of alkyl halides is 3. The van der Waals surface area contributed by atoms with Gasteiger partial charge >= 0.3 is 6.18 Å². The predicted molar refractivity (Wildman–Crippen MR) is 117 cm³/mol. The number of ether oxygens (including phenoxy) is 3. The van der Waals surface area contributed by atoms with E-state index in [1.165, 1.54) is 10.5 Å². The van der Waals surface area contributed by atoms with Crippen LogP contribution in [-0.2, 0) is 14.2 Å². The van der Waals surface area contributed by atoms with Gasteiger partial charge in [0, 0.05) is 25.1 Å². The minimum atomic E-state index is -4.12. The van der Waals surface area contributed by atoms with Crippen LogP contribution in [0.3, 0.4) is 0 Å². The fraction of sp³-hybridized carbons (Fsp3) is 0.920. The maximum absolute atomic E-state index is 12.6. The Bertz CT molecular complexity index is 678. The number of likely N-dealkylation sites (tertiary alicyclic amines) is 1. The molecule has 4 aliphatic rings. The Balaban J connectivity index is 1.32. The molecule has 0 radical (unpaired) electrons. The molecule has 0 spiro atoms. The van der Waals surface area contributed by atoms with Gasteiger partial charge in [-0.25, -0.2) is 0 Å². The van der Waals surface area contributed by atoms with Crippen molar-refractivity contribution >= 4 is 0 Å². The second-order valence-electron chi connectivity index (χ2n) is 11.1. The van der Waals surface area contributed by atoms with Crippen LogP contribution in [0.1, 0.15) is 65.7 Å². The number of allylic oxidation sites excluding steroid dienone is 1. The molecule has 0 bridgehead atoms. The highest BCUT2D eigenvalue weighted by atomic mass is 19.4. The molecule has 32 heavy (non-hydrogen) atoms. The average Bonchev–Trinajstić information content (AvgIpc) is 2.71. The molecule has 0 amide bonds. The zero-order valence-corrected chi connectivity index (χ0v) is 19.9. The van der Waals surface area contributed by atoms with Crippen LogP contribution in [0.5, 0.6) is 0 Å². The molecule has 2 saturated carbocycles. The first kappa shape index (κ1) is 24.5. The molecule has 4 fully saturated rings. The van der Waals surface area contributed by atoms with Gasteiger partial charge in [0.05, 0.1) is 25.4 Å². The van der Waals surface area contributed by atoms with Crippen LogP contribution in [0.4, 0.5) is 13.2 Å². The van der Waals surface area contributed by atoms with E-state index >= 15 is 0 Å². The number of rotatable bonds is 5. The molecular weight excluding hydrogens is 419 g/mol. The van der Waals surface area contributed by atoms with Gasteiger partial charge in [0.1, 0.15) is 0 Å². The van der Waals surface area contributed by atoms with E-state index in [0.717, 1.165) is 38.7 Å². The van der Waals surface area contributed by atoms with Crippen LogP contribution in [0.15, 0.2) is 12.2 Å². The van der Waals surface area contributed by atoms with Gasteiger partial charge in [-0.3, -0.25) is 4.90 Å². The summed E-state index contributed by atoms with van der Waals surface area (Å²) in [4.78, 5) is 1.49. The topological polar surface area (TPSA) is 30.9 Å². The Morgan fingerprint density at radius 3 is 2.53 bits per heavy atom. The summed E-state index contributed by atoms with van der Waals surface area (Å²) in [6.07, 6.45) is 2.73. The molecule has 2 aliphatic heterocycles. The summed E-state index contributed by atoms with van der Waals surface area (Å²) in [5, 5.41) is 0. The lowest BCUT2D eigenvalue weighted by atomic mass is 9.46. The van der Waals surface area contributed by atoms with Gasteiger partial charge in [-0.2, -0.15) is 13.2 Å². The van der Waals surface area contributed by atoms with E-state index in [1.54, 1.807) is 0 Å². The third kappa shape index (κ3) is 4.91. The molecule has 4 nitrogen and oxygen atoms in total. The minimum absolute atomic E-state index is 0.0324. The molecule has 7 heteroatoms. The summed E-state index contributed by atoms with van der Waals surface area (Å²) in [6.45, 7) is 12.7. The second kappa shape index (κ2) is 9.20. The van der Waals surface area contributed by atoms with Gasteiger partial charge in [-0.15, -0.1) is 0 Å². The van der Waals surface area contributed by atoms with Gasteiger partial charge in [0.2, 0.25) is 0 Å². The number of hydrogen-bond acceptors (Lipinski definition) is 4. The number of halogens is 3. The summed E-state index contributed by atoms with van der Waals surface area (Å²) >= 11 is 0. The fourth-order valence-corrected chi connectivity index (χ4v) is 7.33. The molecule has 4 rings (SSSR count). The van der Waals surface area contributed by atoms with E-state index in [0.29, 0.717) is 44.4 Å². The van der Waals surface area contributed by atoms with Crippen LogP contribution in [-0.4, -0.2) is 62.4 Å². The Morgan fingerprint density at radius 1 is 1.12 bits per heavy atom. The summed E-state index contributed by atoms with van der Waals surface area (Å²) < 4.78 is 56.2. The van der Waals surface area contributed by atoms with Crippen LogP contribution < -0.4 is 0 Å². The van der Waals surface area contributed by atoms with Crippen molar-refractivity contribution in [3.05, 3.63) is 12.2 Å². The maximum atomic E-state index is 12.6. The molecule has 1 unspecified atom stereocenters. The van der Waals surface area contributed by atoms with Crippen LogP contribution >= 0.6 is 0 Å². The number of hydrogen-bond donors (Lipinski definition) is 0. The Kier molecular flexibility index (Phi) is 7.04. The third-order valence-electron chi connectivity index (χ3n) is 9.00. The SMILES string of the molecule is C=C1CCC2[C@]3(C)CO[C@@H](C)O[C@@H]3CC[C@@]2(C)[C@@H]1CCOC1CCN(CC(F)(F)F)CC1. The fourth-order valence-electron chi connectivity index (χ4n) is 7.33. The number of fused-ring (bicyclic) bond motifs is 3. The third-order valence-corrected chi connectivity index (χ3v) is 9.00. The standard InChI is InChI=1S/C25H40F3NO3/c1-17-5-6-21-23(3,11-7-22-24(21,4)16-31-18(2)32-22)20(17)10-14-30-19-8-12-29(13-9-19)15-25(26,27)28/h18-22H,1,5-16H2,2-4H3/t18-,20-,21?,22-,23+,24+/m1/s1. The second-order valence-corrected chi connectivity index (χ2v) is 11.1. The molecule has 184 valence electrons. The zero-order valence-electron chi connectivity index (χ0n) is 19.9. The molecular formula is C25H40F3NO3. The monoisotopic (exact) mass is 459 g/mol. The molecule has 2 saturated heterocycles. The van der Waals surface area contributed by atoms with Crippen molar-refractivity contribution in [3.63, 3.8) is 0 Å². The van der Waals surface area contributed by atoms with Crippen LogP contribution in [0.25, 0.3) is 0 Å². The van der Waals surface area contributed by atoms with Crippen molar-refractivity contribution in [2.24, 2.45) is 22.7 Å². The maximum Gasteiger partial charge on any atom is 0.401 e. The van der Waals surface area contributed by atoms with Crippen molar-refractivity contribution in [1.29, 1.82) is 0 Å². The normalized spacial score (nSPS) is 41.9. The summed E-state index contributed by atoms with van der Waals surface area (Å²) in [6, 6.07) is 0. The van der Waals surface area contributed by atoms with Crippen LogP contribution in [0.2, 0.25) is 0 Å². The molecule has 6 atom stereocenters. The van der Waals surface area contributed by atoms with Crippen molar-refractivity contribution in [3.8, 4) is 0 Å². The first-order chi connectivity index (χ1) is 15.0. The highest BCUT2D eigenvalue weighted by molar-refractivity contribution is 5.18. The van der Waals surface area contributed by atoms with Crippen molar-refractivity contribution < 1.29 is 27.4 Å². The van der Waals surface area contributed by atoms with Gasteiger partial charge in [0.15, 0.2) is 6.29 Å². The summed E-state index contributed by atoms with van der Waals surface area (Å²) in [5.74, 6) is 0.936. The van der Waals surface area contributed by atoms with Crippen molar-refractivity contribution in [1.82, 2.24) is 4.90 Å². The highest BCUT2D eigenvalue weighted by Gasteiger charge is 2.59. The van der Waals surface area contributed by atoms with Crippen LogP contribution in [0, 0.1) is 22.7 Å². The molecule has 0 aromatic heterocycles. The molecule has 2 heterocycles. The lowest BCUT2D eigenvalue weighted by Gasteiger charge is -2.62. The van der Waals surface area contributed by atoms with Gasteiger partial charge in [0.25, 0.3) is 0 Å². The highest BCUT2D eigenvalue weighted by Crippen LogP contribution is 2.63. The Morgan fingerprint density at radius 2 is 1.84 bits per heavy atom. The van der Waals surface area contributed by atoms with Gasteiger partial charge in [-0.05, 0) is 69.1 Å². The number of nitrogens with zero attached hydrogens (tertiary/aromatic N) is 1. The lowest BCUT2D eigenvalue weighted by molar-refractivity contribution is -0.297. The first-order valence-corrected chi connectivity index (χ1v) is 12.4. The van der Waals surface area contributed by atoms with E-state index in [9.17, 15) is 13.2 Å². The molecule has 2 aliphatic carbocycles. The van der Waals surface area contributed by atoms with E-state index in [1.807, 2.05) is 6.92 Å². The molecule has 0 aromatic rings. The van der Waals surface area contributed by atoms with Crippen molar-refractivity contribution in [2.75, 3.05) is 32.8 Å². The van der Waals surface area contributed by atoms with Crippen molar-refractivity contribution in [2.45, 2.75) is 90.4 Å². The van der Waals surface area contributed by atoms with Gasteiger partial charge in [-0.1, -0.05) is 26.0 Å². The predicted octanol–water partition coefficient (Wildman–Crippen LogP) is 5.57. The molecule has 0 aromatic carbocycles. The van der Waals surface area contributed by atoms with E-state index in [2.05, 4.69) is 20.4 Å². The smallest absolute Gasteiger partial charge is 0.378 e. The summed E-state index contributed by atoms with van der Waals surface area (Å²) in [5.41, 5.74) is 1.53. The molecule has 0 N–H and O–H groups in total. The Hall–Kier alpha value is -0.630. The average molecular weight is 460 g/mol. The number of piperidine rings is 1. The Labute approximate surface area is 190 Å². The lowest BCUT2D eigenvalue weighted by Crippen LogP contribution is -2.61. The van der Waals surface area contributed by atoms with E-state index < -0.39 is 12.7 Å². The van der Waals surface area contributed by atoms with Gasteiger partial charge < -0.3 is 14.2 Å².